The number of ether oxygens (including phenoxy) is 2. The largest absolute Gasteiger partial charge is 0.490 e. The van der Waals surface area contributed by atoms with Crippen LogP contribution in [0.2, 0.25) is 0 Å². The lowest BCUT2D eigenvalue weighted by molar-refractivity contribution is 0.243. The highest BCUT2D eigenvalue weighted by molar-refractivity contribution is 5.74. The molecule has 0 atom stereocenters. The van der Waals surface area contributed by atoms with E-state index in [4.69, 9.17) is 13.9 Å². The number of nitrogens with zero attached hydrogens (tertiary/aromatic N) is 6. The maximum Gasteiger partial charge on any atom is 0.174 e. The van der Waals surface area contributed by atoms with Gasteiger partial charge in [0.2, 0.25) is 0 Å². The Balaban J connectivity index is 1.44. The van der Waals surface area contributed by atoms with Crippen molar-refractivity contribution in [1.29, 1.82) is 0 Å². The SMILES string of the molecule is Cc1ccc(N=Nc2ccc(-c3ccc(-c4ccc(N=Nc5ccc(C)cn5)cc4OC(C)C)o3)c(OC(C)C)c2)nc1. The number of azo groups is 2. The van der Waals surface area contributed by atoms with Gasteiger partial charge in [-0.25, -0.2) is 9.97 Å². The minimum Gasteiger partial charge on any atom is -0.490 e. The monoisotopic (exact) mass is 574 g/mol. The van der Waals surface area contributed by atoms with Crippen LogP contribution in [0.4, 0.5) is 23.0 Å². The zero-order valence-corrected chi connectivity index (χ0v) is 25.1. The van der Waals surface area contributed by atoms with Crippen LogP contribution >= 0.6 is 0 Å². The Kier molecular flexibility index (Phi) is 9.00. The van der Waals surface area contributed by atoms with Gasteiger partial charge >= 0.3 is 0 Å². The highest BCUT2D eigenvalue weighted by Crippen LogP contribution is 2.40. The summed E-state index contributed by atoms with van der Waals surface area (Å²) in [6.45, 7) is 11.9. The standard InChI is InChI=1S/C34H34N6O3/c1-21(2)41-31-17-25(37-39-33-15-7-23(5)19-35-33)9-11-27(31)29-13-14-30(43-29)28-12-10-26(18-32(28)42-22(3)4)38-40-34-16-8-24(6)20-36-34/h7-22H,1-6H3. The third kappa shape index (κ3) is 7.77. The fraction of sp³-hybridized carbons (Fsp3) is 0.235. The van der Waals surface area contributed by atoms with Gasteiger partial charge in [-0.1, -0.05) is 12.1 Å². The highest BCUT2D eigenvalue weighted by Gasteiger charge is 2.17. The van der Waals surface area contributed by atoms with Crippen LogP contribution in [0.5, 0.6) is 11.5 Å². The van der Waals surface area contributed by atoms with E-state index in [1.54, 1.807) is 12.4 Å². The molecule has 0 aliphatic carbocycles. The molecule has 9 nitrogen and oxygen atoms in total. The second-order valence-corrected chi connectivity index (χ2v) is 10.6. The lowest BCUT2D eigenvalue weighted by Gasteiger charge is -2.14. The molecule has 0 fully saturated rings. The van der Waals surface area contributed by atoms with Crippen molar-refractivity contribution in [3.63, 3.8) is 0 Å². The number of benzene rings is 2. The average molecular weight is 575 g/mol. The molecule has 9 heteroatoms. The van der Waals surface area contributed by atoms with Crippen molar-refractivity contribution in [2.75, 3.05) is 0 Å². The van der Waals surface area contributed by atoms with Crippen molar-refractivity contribution in [2.24, 2.45) is 20.5 Å². The first-order valence-corrected chi connectivity index (χ1v) is 14.1. The maximum absolute atomic E-state index is 6.37. The highest BCUT2D eigenvalue weighted by atomic mass is 16.5. The summed E-state index contributed by atoms with van der Waals surface area (Å²) in [5, 5.41) is 17.2. The second-order valence-electron chi connectivity index (χ2n) is 10.6. The van der Waals surface area contributed by atoms with Gasteiger partial charge in [0, 0.05) is 24.5 Å². The van der Waals surface area contributed by atoms with Crippen LogP contribution < -0.4 is 9.47 Å². The Labute approximate surface area is 251 Å². The molecule has 5 rings (SSSR count). The van der Waals surface area contributed by atoms with Crippen molar-refractivity contribution >= 4 is 23.0 Å². The van der Waals surface area contributed by atoms with Crippen molar-refractivity contribution in [2.45, 2.75) is 53.8 Å². The van der Waals surface area contributed by atoms with Crippen LogP contribution in [0.25, 0.3) is 22.6 Å². The molecule has 0 unspecified atom stereocenters. The topological polar surface area (TPSA) is 107 Å². The van der Waals surface area contributed by atoms with Crippen LogP contribution in [0.1, 0.15) is 38.8 Å². The predicted octanol–water partition coefficient (Wildman–Crippen LogP) is 10.4. The molecule has 5 aromatic rings. The first-order valence-electron chi connectivity index (χ1n) is 14.1. The van der Waals surface area contributed by atoms with Crippen LogP contribution in [-0.4, -0.2) is 22.2 Å². The lowest BCUT2D eigenvalue weighted by Crippen LogP contribution is -2.06. The number of aryl methyl sites for hydroxylation is 2. The molecule has 0 saturated carbocycles. The van der Waals surface area contributed by atoms with Gasteiger partial charge in [0.25, 0.3) is 0 Å². The molecule has 0 saturated heterocycles. The Bertz CT molecular complexity index is 1610. The summed E-state index contributed by atoms with van der Waals surface area (Å²) >= 11 is 0. The Morgan fingerprint density at radius 3 is 1.37 bits per heavy atom. The van der Waals surface area contributed by atoms with E-state index in [1.807, 2.05) is 114 Å². The molecule has 0 radical (unpaired) electrons. The summed E-state index contributed by atoms with van der Waals surface area (Å²) in [5.41, 5.74) is 5.02. The van der Waals surface area contributed by atoms with E-state index in [0.29, 0.717) is 46.0 Å². The molecular weight excluding hydrogens is 540 g/mol. The summed E-state index contributed by atoms with van der Waals surface area (Å²) in [6.07, 6.45) is 3.42. The number of hydrogen-bond acceptors (Lipinski definition) is 9. The summed E-state index contributed by atoms with van der Waals surface area (Å²) in [6, 6.07) is 22.7. The number of hydrogen-bond donors (Lipinski definition) is 0. The molecule has 3 aromatic heterocycles. The Morgan fingerprint density at radius 2 is 1.00 bits per heavy atom. The zero-order chi connectivity index (χ0) is 30.3. The van der Waals surface area contributed by atoms with Gasteiger partial charge in [-0.15, -0.1) is 20.5 Å². The maximum atomic E-state index is 6.37. The molecule has 218 valence electrons. The lowest BCUT2D eigenvalue weighted by atomic mass is 10.1. The molecule has 0 bridgehead atoms. The van der Waals surface area contributed by atoms with Crippen molar-refractivity contribution < 1.29 is 13.9 Å². The fourth-order valence-corrected chi connectivity index (χ4v) is 4.14. The third-order valence-corrected chi connectivity index (χ3v) is 6.12. The van der Waals surface area contributed by atoms with Gasteiger partial charge in [0.15, 0.2) is 11.6 Å². The van der Waals surface area contributed by atoms with E-state index in [9.17, 15) is 0 Å². The van der Waals surface area contributed by atoms with Crippen LogP contribution in [0.15, 0.2) is 110 Å². The predicted molar refractivity (Wildman–Crippen MR) is 167 cm³/mol. The summed E-state index contributed by atoms with van der Waals surface area (Å²) in [4.78, 5) is 8.57. The zero-order valence-electron chi connectivity index (χ0n) is 25.1. The molecule has 2 aromatic carbocycles. The van der Waals surface area contributed by atoms with Crippen LogP contribution in [0, 0.1) is 13.8 Å². The number of aromatic nitrogens is 2. The summed E-state index contributed by atoms with van der Waals surface area (Å²) in [5.74, 6) is 3.66. The van der Waals surface area contributed by atoms with E-state index >= 15 is 0 Å². The van der Waals surface area contributed by atoms with E-state index in [0.717, 1.165) is 22.3 Å². The van der Waals surface area contributed by atoms with Crippen LogP contribution in [0.3, 0.4) is 0 Å². The van der Waals surface area contributed by atoms with Gasteiger partial charge in [-0.05, 0) is 101 Å². The van der Waals surface area contributed by atoms with E-state index in [-0.39, 0.29) is 12.2 Å². The second kappa shape index (κ2) is 13.2. The van der Waals surface area contributed by atoms with Gasteiger partial charge in [-0.2, -0.15) is 0 Å². The smallest absolute Gasteiger partial charge is 0.174 e. The van der Waals surface area contributed by atoms with Crippen molar-refractivity contribution in [3.05, 3.63) is 96.3 Å². The molecular formula is C34H34N6O3. The molecule has 0 aliphatic rings. The van der Waals surface area contributed by atoms with Gasteiger partial charge in [-0.3, -0.25) is 0 Å². The van der Waals surface area contributed by atoms with Gasteiger partial charge in [0.1, 0.15) is 23.0 Å². The number of pyridine rings is 2. The minimum absolute atomic E-state index is 0.0537. The molecule has 0 aliphatic heterocycles. The average Bonchev–Trinajstić information content (AvgIpc) is 3.46. The van der Waals surface area contributed by atoms with E-state index in [2.05, 4.69) is 30.4 Å². The summed E-state index contributed by atoms with van der Waals surface area (Å²) in [7, 11) is 0. The Hall–Kier alpha value is -5.18. The third-order valence-electron chi connectivity index (χ3n) is 6.12. The van der Waals surface area contributed by atoms with Gasteiger partial charge < -0.3 is 13.9 Å². The molecule has 0 N–H and O–H groups in total. The van der Waals surface area contributed by atoms with Crippen molar-refractivity contribution in [3.8, 4) is 34.1 Å². The van der Waals surface area contributed by atoms with E-state index in [1.165, 1.54) is 0 Å². The minimum atomic E-state index is -0.0537. The molecule has 0 amide bonds. The Morgan fingerprint density at radius 1 is 0.558 bits per heavy atom. The van der Waals surface area contributed by atoms with Crippen LogP contribution in [-0.2, 0) is 0 Å². The van der Waals surface area contributed by atoms with Crippen molar-refractivity contribution in [1.82, 2.24) is 9.97 Å². The van der Waals surface area contributed by atoms with Gasteiger partial charge in [0.05, 0.1) is 34.7 Å². The summed E-state index contributed by atoms with van der Waals surface area (Å²) < 4.78 is 18.7. The molecule has 43 heavy (non-hydrogen) atoms. The quantitative estimate of drug-likeness (QED) is 0.154. The normalized spacial score (nSPS) is 11.7. The van der Waals surface area contributed by atoms with E-state index < -0.39 is 0 Å². The first-order chi connectivity index (χ1) is 20.7. The molecule has 0 spiro atoms. The fourth-order valence-electron chi connectivity index (χ4n) is 4.14. The number of furan rings is 1. The number of rotatable bonds is 10. The molecule has 3 heterocycles. The first kappa shape index (κ1) is 29.3.